The highest BCUT2D eigenvalue weighted by Crippen LogP contribution is 2.46. The Hall–Kier alpha value is -3.56. The number of hydrogen-bond donors (Lipinski definition) is 0. The molecule has 9 heteroatoms. The average molecular weight is 533 g/mol. The first kappa shape index (κ1) is 26.1. The Morgan fingerprint density at radius 1 is 1.03 bits per heavy atom. The van der Waals surface area contributed by atoms with Crippen molar-refractivity contribution in [3.63, 3.8) is 0 Å². The van der Waals surface area contributed by atoms with Crippen LogP contribution in [0.5, 0.6) is 11.5 Å². The monoisotopic (exact) mass is 532 g/mol. The topological polar surface area (TPSA) is 74.7 Å². The second-order valence-electron chi connectivity index (χ2n) is 9.45. The molecule has 0 N–H and O–H groups in total. The number of ether oxygens (including phenoxy) is 2. The van der Waals surface area contributed by atoms with E-state index in [9.17, 15) is 9.59 Å². The molecule has 1 saturated heterocycles. The van der Waals surface area contributed by atoms with E-state index in [-0.39, 0.29) is 12.3 Å². The molecule has 1 amide bonds. The van der Waals surface area contributed by atoms with Gasteiger partial charge in [0.2, 0.25) is 5.91 Å². The number of allylic oxidation sites excluding steroid dienone is 1. The van der Waals surface area contributed by atoms with Crippen LogP contribution >= 0.6 is 11.8 Å². The molecule has 8 nitrogen and oxygen atoms in total. The third kappa shape index (κ3) is 5.35. The first-order valence-electron chi connectivity index (χ1n) is 12.8. The number of benzene rings is 2. The largest absolute Gasteiger partial charge is 0.466 e. The fraction of sp³-hybridized carbons (Fsp3) is 0.345. The molecular formula is C29H32N4O4S. The van der Waals surface area contributed by atoms with Gasteiger partial charge in [-0.15, -0.1) is 0 Å². The van der Waals surface area contributed by atoms with Gasteiger partial charge in [0.15, 0.2) is 5.17 Å². The fourth-order valence-electron chi connectivity index (χ4n) is 4.92. The SMILES string of the molecule is CCC1=C(C(=O)OC)[C@@H](c2cccc(Oc3ccccc3)c2)N2C(CC(=O)N3CCN(C)CC3)=CSC2=N1. The lowest BCUT2D eigenvalue weighted by atomic mass is 9.92. The Balaban J connectivity index is 1.49. The molecule has 1 fully saturated rings. The minimum atomic E-state index is -0.495. The van der Waals surface area contributed by atoms with Gasteiger partial charge in [0.1, 0.15) is 11.5 Å². The van der Waals surface area contributed by atoms with Crippen LogP contribution in [0.25, 0.3) is 0 Å². The number of hydrogen-bond acceptors (Lipinski definition) is 8. The summed E-state index contributed by atoms with van der Waals surface area (Å²) < 4.78 is 11.3. The Morgan fingerprint density at radius 2 is 1.76 bits per heavy atom. The maximum Gasteiger partial charge on any atom is 0.338 e. The number of thioether (sulfide) groups is 1. The van der Waals surface area contributed by atoms with Crippen molar-refractivity contribution in [2.24, 2.45) is 4.99 Å². The number of rotatable bonds is 7. The zero-order valence-electron chi connectivity index (χ0n) is 21.9. The molecule has 0 radical (unpaired) electrons. The van der Waals surface area contributed by atoms with Gasteiger partial charge in [-0.2, -0.15) is 0 Å². The Bertz CT molecular complexity index is 1300. The molecule has 0 aliphatic carbocycles. The van der Waals surface area contributed by atoms with Crippen molar-refractivity contribution in [3.05, 3.63) is 82.5 Å². The van der Waals surface area contributed by atoms with Crippen LogP contribution < -0.4 is 4.74 Å². The van der Waals surface area contributed by atoms with Crippen LogP contribution in [0.15, 0.2) is 82.0 Å². The summed E-state index contributed by atoms with van der Waals surface area (Å²) >= 11 is 1.49. The van der Waals surface area contributed by atoms with Gasteiger partial charge in [-0.25, -0.2) is 9.79 Å². The maximum absolute atomic E-state index is 13.3. The first-order valence-corrected chi connectivity index (χ1v) is 13.7. The van der Waals surface area contributed by atoms with Crippen molar-refractivity contribution in [1.29, 1.82) is 0 Å². The van der Waals surface area contributed by atoms with Gasteiger partial charge < -0.3 is 24.2 Å². The van der Waals surface area contributed by atoms with Gasteiger partial charge >= 0.3 is 5.97 Å². The lowest BCUT2D eigenvalue weighted by molar-refractivity contribution is -0.136. The van der Waals surface area contributed by atoms with Crippen molar-refractivity contribution in [3.8, 4) is 11.5 Å². The van der Waals surface area contributed by atoms with Gasteiger partial charge in [0.05, 0.1) is 30.8 Å². The van der Waals surface area contributed by atoms with Crippen molar-refractivity contribution in [2.75, 3.05) is 40.3 Å². The van der Waals surface area contributed by atoms with E-state index in [0.717, 1.165) is 35.3 Å². The molecule has 1 atom stereocenters. The number of fused-ring (bicyclic) bond motifs is 1. The van der Waals surface area contributed by atoms with Gasteiger partial charge in [-0.3, -0.25) is 4.79 Å². The van der Waals surface area contributed by atoms with E-state index < -0.39 is 12.0 Å². The molecule has 3 aliphatic rings. The number of aliphatic imine (C=N–C) groups is 1. The highest BCUT2D eigenvalue weighted by Gasteiger charge is 2.42. The van der Waals surface area contributed by atoms with Crippen LogP contribution in [-0.4, -0.2) is 72.1 Å². The summed E-state index contributed by atoms with van der Waals surface area (Å²) in [7, 11) is 3.46. The van der Waals surface area contributed by atoms with E-state index in [0.29, 0.717) is 36.5 Å². The number of piperazine rings is 1. The summed E-state index contributed by atoms with van der Waals surface area (Å²) in [4.78, 5) is 37.5. The van der Waals surface area contributed by atoms with Gasteiger partial charge in [-0.05, 0) is 48.7 Å². The van der Waals surface area contributed by atoms with Crippen LogP contribution in [-0.2, 0) is 14.3 Å². The standard InChI is InChI=1S/C29H32N4O4S/c1-4-24-26(28(35)36-3)27(20-9-8-12-23(17-20)37-22-10-6-5-7-11-22)33-21(19-38-29(33)30-24)18-25(34)32-15-13-31(2)14-16-32/h5-12,17,19,27H,4,13-16,18H2,1-3H3/t27-/m1/s1. The van der Waals surface area contributed by atoms with Crippen molar-refractivity contribution < 1.29 is 19.1 Å². The number of para-hydroxylation sites is 1. The molecule has 0 aromatic heterocycles. The van der Waals surface area contributed by atoms with Gasteiger partial charge in [0, 0.05) is 31.9 Å². The van der Waals surface area contributed by atoms with Crippen molar-refractivity contribution in [1.82, 2.24) is 14.7 Å². The molecule has 3 heterocycles. The number of esters is 1. The second kappa shape index (κ2) is 11.4. The highest BCUT2D eigenvalue weighted by molar-refractivity contribution is 8.16. The summed E-state index contributed by atoms with van der Waals surface area (Å²) in [6.45, 7) is 5.14. The molecule has 0 bridgehead atoms. The molecule has 0 saturated carbocycles. The summed E-state index contributed by atoms with van der Waals surface area (Å²) in [5, 5.41) is 2.74. The van der Waals surface area contributed by atoms with Crippen molar-refractivity contribution in [2.45, 2.75) is 25.8 Å². The molecular weight excluding hydrogens is 500 g/mol. The van der Waals surface area contributed by atoms with Crippen LogP contribution in [0.2, 0.25) is 0 Å². The minimum Gasteiger partial charge on any atom is -0.466 e. The lowest BCUT2D eigenvalue weighted by Gasteiger charge is -2.37. The molecule has 198 valence electrons. The summed E-state index contributed by atoms with van der Waals surface area (Å²) in [5.74, 6) is 1.04. The number of carbonyl (C=O) groups is 2. The van der Waals surface area contributed by atoms with E-state index in [4.69, 9.17) is 14.5 Å². The number of nitrogens with zero attached hydrogens (tertiary/aromatic N) is 4. The van der Waals surface area contributed by atoms with Crippen molar-refractivity contribution >= 4 is 28.8 Å². The summed E-state index contributed by atoms with van der Waals surface area (Å²) in [6, 6.07) is 16.8. The van der Waals surface area contributed by atoms with Crippen LogP contribution in [0, 0.1) is 0 Å². The number of amidine groups is 1. The molecule has 0 unspecified atom stereocenters. The zero-order valence-corrected chi connectivity index (χ0v) is 22.7. The van der Waals surface area contributed by atoms with E-state index in [1.807, 2.05) is 76.7 Å². The number of amides is 1. The van der Waals surface area contributed by atoms with Gasteiger partial charge in [-0.1, -0.05) is 49.0 Å². The van der Waals surface area contributed by atoms with Gasteiger partial charge in [0.25, 0.3) is 0 Å². The fourth-order valence-corrected chi connectivity index (χ4v) is 5.86. The molecule has 2 aromatic carbocycles. The number of carbonyl (C=O) groups excluding carboxylic acids is 2. The molecule has 0 spiro atoms. The van der Waals surface area contributed by atoms with E-state index >= 15 is 0 Å². The first-order chi connectivity index (χ1) is 18.5. The maximum atomic E-state index is 13.3. The number of methoxy groups -OCH3 is 1. The zero-order chi connectivity index (χ0) is 26.6. The molecule has 5 rings (SSSR count). The highest BCUT2D eigenvalue weighted by atomic mass is 32.2. The summed E-state index contributed by atoms with van der Waals surface area (Å²) in [5.41, 5.74) is 2.86. The second-order valence-corrected chi connectivity index (χ2v) is 10.3. The van der Waals surface area contributed by atoms with E-state index in [2.05, 4.69) is 11.9 Å². The Labute approximate surface area is 227 Å². The molecule has 3 aliphatic heterocycles. The number of likely N-dealkylation sites (N-methyl/N-ethyl adjacent to an activating group) is 1. The quantitative estimate of drug-likeness (QED) is 0.475. The molecule has 38 heavy (non-hydrogen) atoms. The Morgan fingerprint density at radius 3 is 2.47 bits per heavy atom. The lowest BCUT2D eigenvalue weighted by Crippen LogP contribution is -2.47. The predicted octanol–water partition coefficient (Wildman–Crippen LogP) is 4.78. The van der Waals surface area contributed by atoms with Crippen LogP contribution in [0.1, 0.15) is 31.4 Å². The smallest absolute Gasteiger partial charge is 0.338 e. The third-order valence-corrected chi connectivity index (χ3v) is 7.86. The average Bonchev–Trinajstić information content (AvgIpc) is 3.34. The normalized spacial score (nSPS) is 19.6. The van der Waals surface area contributed by atoms with E-state index in [1.165, 1.54) is 18.9 Å². The summed E-state index contributed by atoms with van der Waals surface area (Å²) in [6.07, 6.45) is 0.816. The third-order valence-electron chi connectivity index (χ3n) is 6.97. The Kier molecular flexibility index (Phi) is 7.85. The van der Waals surface area contributed by atoms with E-state index in [1.54, 1.807) is 0 Å². The molecule has 2 aromatic rings. The van der Waals surface area contributed by atoms with Crippen LogP contribution in [0.4, 0.5) is 0 Å². The van der Waals surface area contributed by atoms with Crippen LogP contribution in [0.3, 0.4) is 0 Å². The predicted molar refractivity (Wildman–Crippen MR) is 149 cm³/mol. The minimum absolute atomic E-state index is 0.0796.